The van der Waals surface area contributed by atoms with E-state index in [1.807, 2.05) is 28.9 Å². The van der Waals surface area contributed by atoms with Crippen LogP contribution in [0.25, 0.3) is 5.65 Å². The number of anilines is 2. The summed E-state index contributed by atoms with van der Waals surface area (Å²) in [6.07, 6.45) is 3.14. The van der Waals surface area contributed by atoms with Gasteiger partial charge in [-0.1, -0.05) is 26.0 Å². The lowest BCUT2D eigenvalue weighted by atomic mass is 10.1. The Morgan fingerprint density at radius 2 is 2.06 bits per heavy atom. The number of nitrogens with one attached hydrogen (secondary N) is 2. The Hall–Kier alpha value is -2.87. The molecule has 5 rings (SSSR count). The second-order valence-electron chi connectivity index (χ2n) is 8.99. The van der Waals surface area contributed by atoms with Gasteiger partial charge in [-0.25, -0.2) is 0 Å². The standard InChI is InChI=1S/C23H31N7O/c1-14(2)19-11-25-30-21(19)27-22(29-12-17-8-9-24-20(17)13-29)28-23(30)26-15(3)16-6-5-7-18(10-16)31-4/h5-7,10-11,14-15,17,20,24H,8-9,12-13H2,1-4H3,(H,26,27,28). The zero-order valence-electron chi connectivity index (χ0n) is 18.7. The fraction of sp³-hybridized carbons (Fsp3) is 0.522. The average Bonchev–Trinajstić information content (AvgIpc) is 3.48. The number of methoxy groups -OCH3 is 1. The van der Waals surface area contributed by atoms with Crippen LogP contribution in [0.15, 0.2) is 30.5 Å². The molecule has 3 unspecified atom stereocenters. The summed E-state index contributed by atoms with van der Waals surface area (Å²) in [6, 6.07) is 8.68. The highest BCUT2D eigenvalue weighted by molar-refractivity contribution is 5.57. The zero-order valence-corrected chi connectivity index (χ0v) is 18.7. The van der Waals surface area contributed by atoms with Crippen molar-refractivity contribution in [2.75, 3.05) is 37.0 Å². The summed E-state index contributed by atoms with van der Waals surface area (Å²) in [6.45, 7) is 9.55. The first-order valence-electron chi connectivity index (χ1n) is 11.2. The van der Waals surface area contributed by atoms with Gasteiger partial charge >= 0.3 is 0 Å². The van der Waals surface area contributed by atoms with Crippen molar-refractivity contribution in [2.45, 2.75) is 45.2 Å². The number of aromatic nitrogens is 4. The minimum absolute atomic E-state index is 0.0346. The molecule has 0 radical (unpaired) electrons. The monoisotopic (exact) mass is 421 g/mol. The Balaban J connectivity index is 1.51. The smallest absolute Gasteiger partial charge is 0.230 e. The summed E-state index contributed by atoms with van der Waals surface area (Å²) in [5.74, 6) is 3.36. The Morgan fingerprint density at radius 3 is 2.84 bits per heavy atom. The van der Waals surface area contributed by atoms with Crippen LogP contribution in [0, 0.1) is 5.92 Å². The molecule has 0 aliphatic carbocycles. The average molecular weight is 422 g/mol. The molecule has 1 aromatic carbocycles. The van der Waals surface area contributed by atoms with Crippen LogP contribution in [-0.4, -0.2) is 52.4 Å². The molecular formula is C23H31N7O. The molecule has 2 N–H and O–H groups in total. The highest BCUT2D eigenvalue weighted by Crippen LogP contribution is 2.30. The maximum absolute atomic E-state index is 5.39. The van der Waals surface area contributed by atoms with Crippen LogP contribution in [-0.2, 0) is 0 Å². The number of hydrogen-bond donors (Lipinski definition) is 2. The third-order valence-corrected chi connectivity index (χ3v) is 6.59. The maximum atomic E-state index is 5.39. The lowest BCUT2D eigenvalue weighted by molar-refractivity contribution is 0.414. The topological polar surface area (TPSA) is 79.6 Å². The third kappa shape index (κ3) is 3.69. The minimum atomic E-state index is 0.0346. The maximum Gasteiger partial charge on any atom is 0.230 e. The van der Waals surface area contributed by atoms with Gasteiger partial charge in [-0.3, -0.25) is 0 Å². The molecule has 8 nitrogen and oxygen atoms in total. The van der Waals surface area contributed by atoms with Gasteiger partial charge in [-0.2, -0.15) is 19.6 Å². The Bertz CT molecular complexity index is 1070. The molecule has 2 aromatic heterocycles. The summed E-state index contributed by atoms with van der Waals surface area (Å²) in [7, 11) is 1.69. The van der Waals surface area contributed by atoms with Crippen LogP contribution in [0.4, 0.5) is 11.9 Å². The molecule has 3 atom stereocenters. The number of benzene rings is 1. The summed E-state index contributed by atoms with van der Waals surface area (Å²) < 4.78 is 7.23. The van der Waals surface area contributed by atoms with Gasteiger partial charge in [-0.05, 0) is 49.4 Å². The van der Waals surface area contributed by atoms with Gasteiger partial charge in [0, 0.05) is 24.7 Å². The van der Waals surface area contributed by atoms with Crippen LogP contribution in [0.3, 0.4) is 0 Å². The first-order chi connectivity index (χ1) is 15.0. The van der Waals surface area contributed by atoms with Crippen molar-refractivity contribution in [2.24, 2.45) is 5.92 Å². The molecule has 0 spiro atoms. The van der Waals surface area contributed by atoms with E-state index in [1.54, 1.807) is 7.11 Å². The van der Waals surface area contributed by atoms with Crippen LogP contribution in [0.1, 0.15) is 50.3 Å². The van der Waals surface area contributed by atoms with Crippen molar-refractivity contribution in [1.29, 1.82) is 0 Å². The summed E-state index contributed by atoms with van der Waals surface area (Å²) in [5.41, 5.74) is 3.15. The summed E-state index contributed by atoms with van der Waals surface area (Å²) in [4.78, 5) is 12.2. The SMILES string of the molecule is COc1cccc(C(C)Nc2nc(N3CC4CCNC4C3)nc3c(C(C)C)cnn23)c1. The number of ether oxygens (including phenoxy) is 1. The number of hydrogen-bond acceptors (Lipinski definition) is 7. The van der Waals surface area contributed by atoms with E-state index in [4.69, 9.17) is 14.7 Å². The third-order valence-electron chi connectivity index (χ3n) is 6.59. The minimum Gasteiger partial charge on any atom is -0.497 e. The molecule has 8 heteroatoms. The summed E-state index contributed by atoms with van der Waals surface area (Å²) in [5, 5.41) is 11.8. The van der Waals surface area contributed by atoms with Crippen molar-refractivity contribution in [3.05, 3.63) is 41.6 Å². The van der Waals surface area contributed by atoms with Gasteiger partial charge < -0.3 is 20.3 Å². The van der Waals surface area contributed by atoms with E-state index in [0.717, 1.165) is 48.1 Å². The predicted octanol–water partition coefficient (Wildman–Crippen LogP) is 3.23. The van der Waals surface area contributed by atoms with E-state index >= 15 is 0 Å². The van der Waals surface area contributed by atoms with Gasteiger partial charge in [0.05, 0.1) is 19.3 Å². The number of rotatable bonds is 6. The molecule has 2 saturated heterocycles. The van der Waals surface area contributed by atoms with Crippen molar-refractivity contribution < 1.29 is 4.74 Å². The predicted molar refractivity (Wildman–Crippen MR) is 122 cm³/mol. The molecule has 0 bridgehead atoms. The number of nitrogens with zero attached hydrogens (tertiary/aromatic N) is 5. The van der Waals surface area contributed by atoms with Crippen LogP contribution in [0.2, 0.25) is 0 Å². The van der Waals surface area contributed by atoms with Crippen molar-refractivity contribution in [1.82, 2.24) is 24.9 Å². The molecule has 0 amide bonds. The first kappa shape index (κ1) is 20.1. The fourth-order valence-electron chi connectivity index (χ4n) is 4.73. The second-order valence-corrected chi connectivity index (χ2v) is 8.99. The lowest BCUT2D eigenvalue weighted by Crippen LogP contribution is -2.31. The molecule has 164 valence electrons. The van der Waals surface area contributed by atoms with E-state index in [1.165, 1.54) is 6.42 Å². The van der Waals surface area contributed by atoms with Crippen molar-refractivity contribution >= 4 is 17.5 Å². The molecular weight excluding hydrogens is 390 g/mol. The van der Waals surface area contributed by atoms with E-state index < -0.39 is 0 Å². The summed E-state index contributed by atoms with van der Waals surface area (Å²) >= 11 is 0. The van der Waals surface area contributed by atoms with Crippen LogP contribution in [0.5, 0.6) is 5.75 Å². The molecule has 4 heterocycles. The van der Waals surface area contributed by atoms with Crippen molar-refractivity contribution in [3.8, 4) is 5.75 Å². The molecule has 2 aliphatic rings. The second kappa shape index (κ2) is 8.00. The van der Waals surface area contributed by atoms with E-state index in [9.17, 15) is 0 Å². The van der Waals surface area contributed by atoms with Crippen LogP contribution >= 0.6 is 0 Å². The highest BCUT2D eigenvalue weighted by Gasteiger charge is 2.37. The molecule has 31 heavy (non-hydrogen) atoms. The lowest BCUT2D eigenvalue weighted by Gasteiger charge is -2.21. The van der Waals surface area contributed by atoms with Gasteiger partial charge in [0.1, 0.15) is 5.75 Å². The molecule has 2 aliphatic heterocycles. The quantitative estimate of drug-likeness (QED) is 0.633. The molecule has 3 aromatic rings. The van der Waals surface area contributed by atoms with Crippen LogP contribution < -0.4 is 20.3 Å². The largest absolute Gasteiger partial charge is 0.497 e. The van der Waals surface area contributed by atoms with Gasteiger partial charge in [0.2, 0.25) is 11.9 Å². The van der Waals surface area contributed by atoms with E-state index in [-0.39, 0.29) is 6.04 Å². The van der Waals surface area contributed by atoms with Gasteiger partial charge in [0.25, 0.3) is 0 Å². The first-order valence-corrected chi connectivity index (χ1v) is 11.2. The number of fused-ring (bicyclic) bond motifs is 2. The fourth-order valence-corrected chi connectivity index (χ4v) is 4.73. The van der Waals surface area contributed by atoms with Gasteiger partial charge in [0.15, 0.2) is 5.65 Å². The Morgan fingerprint density at radius 1 is 1.19 bits per heavy atom. The normalized spacial score (nSPS) is 21.6. The highest BCUT2D eigenvalue weighted by atomic mass is 16.5. The Labute approximate surface area is 183 Å². The molecule has 0 saturated carbocycles. The van der Waals surface area contributed by atoms with Gasteiger partial charge in [-0.15, -0.1) is 0 Å². The molecule has 2 fully saturated rings. The van der Waals surface area contributed by atoms with Crippen molar-refractivity contribution in [3.63, 3.8) is 0 Å². The zero-order chi connectivity index (χ0) is 21.5. The Kier molecular flexibility index (Phi) is 5.17. The van der Waals surface area contributed by atoms with E-state index in [0.29, 0.717) is 23.8 Å². The van der Waals surface area contributed by atoms with E-state index in [2.05, 4.69) is 47.5 Å².